The van der Waals surface area contributed by atoms with Crippen LogP contribution in [-0.2, 0) is 24.1 Å². The Bertz CT molecular complexity index is 708. The molecule has 1 amide bonds. The number of hydrogen-bond acceptors (Lipinski definition) is 1. The molecule has 0 aromatic heterocycles. The lowest BCUT2D eigenvalue weighted by Crippen LogP contribution is -2.27. The van der Waals surface area contributed by atoms with Crippen molar-refractivity contribution in [3.8, 4) is 0 Å². The number of carbonyl (C=O) groups is 1. The highest BCUT2D eigenvalue weighted by molar-refractivity contribution is 6.30. The van der Waals surface area contributed by atoms with Crippen LogP contribution in [0, 0.1) is 0 Å². The molecule has 0 bridgehead atoms. The minimum absolute atomic E-state index is 0.0509. The lowest BCUT2D eigenvalue weighted by atomic mass is 9.89. The van der Waals surface area contributed by atoms with Crippen LogP contribution in [0.4, 0.5) is 0 Å². The highest BCUT2D eigenvalue weighted by atomic mass is 35.5. The van der Waals surface area contributed by atoms with E-state index in [0.717, 1.165) is 17.0 Å². The van der Waals surface area contributed by atoms with Crippen LogP contribution >= 0.6 is 11.6 Å². The van der Waals surface area contributed by atoms with Gasteiger partial charge in [-0.25, -0.2) is 0 Å². The van der Waals surface area contributed by atoms with E-state index in [0.29, 0.717) is 6.42 Å². The maximum atomic E-state index is 12.2. The second kappa shape index (κ2) is 7.85. The van der Waals surface area contributed by atoms with E-state index in [2.05, 4.69) is 30.4 Å². The van der Waals surface area contributed by atoms with Gasteiger partial charge in [0.05, 0.1) is 6.04 Å². The van der Waals surface area contributed by atoms with Gasteiger partial charge in [0.2, 0.25) is 5.91 Å². The van der Waals surface area contributed by atoms with Crippen LogP contribution in [0.2, 0.25) is 5.02 Å². The summed E-state index contributed by atoms with van der Waals surface area (Å²) < 4.78 is 0. The van der Waals surface area contributed by atoms with Crippen molar-refractivity contribution < 1.29 is 4.79 Å². The summed E-state index contributed by atoms with van der Waals surface area (Å²) in [6.45, 7) is 2.06. The minimum atomic E-state index is 0.0509. The van der Waals surface area contributed by atoms with E-state index in [9.17, 15) is 4.79 Å². The average molecular weight is 342 g/mol. The van der Waals surface area contributed by atoms with Gasteiger partial charge in [0.25, 0.3) is 0 Å². The SMILES string of the molecule is C[C@@H](NC(=O)CCc1ccc(Cl)cc1)c1ccc2c(c1)CCCC2. The van der Waals surface area contributed by atoms with Crippen molar-refractivity contribution in [3.05, 3.63) is 69.7 Å². The average Bonchev–Trinajstić information content (AvgIpc) is 2.61. The zero-order valence-corrected chi connectivity index (χ0v) is 14.9. The Morgan fingerprint density at radius 2 is 1.79 bits per heavy atom. The van der Waals surface area contributed by atoms with Crippen molar-refractivity contribution >= 4 is 17.5 Å². The molecule has 0 saturated heterocycles. The summed E-state index contributed by atoms with van der Waals surface area (Å²) in [5.41, 5.74) is 5.28. The van der Waals surface area contributed by atoms with Gasteiger partial charge < -0.3 is 5.32 Å². The first-order valence-electron chi connectivity index (χ1n) is 8.77. The molecular formula is C21H24ClNO. The van der Waals surface area contributed by atoms with Crippen LogP contribution in [-0.4, -0.2) is 5.91 Å². The Balaban J connectivity index is 1.55. The molecule has 24 heavy (non-hydrogen) atoms. The first-order valence-corrected chi connectivity index (χ1v) is 9.15. The first kappa shape index (κ1) is 17.0. The fourth-order valence-electron chi connectivity index (χ4n) is 3.33. The van der Waals surface area contributed by atoms with Gasteiger partial charge in [-0.05, 0) is 73.4 Å². The van der Waals surface area contributed by atoms with Gasteiger partial charge in [0, 0.05) is 11.4 Å². The normalized spacial score (nSPS) is 14.8. The van der Waals surface area contributed by atoms with Gasteiger partial charge in [-0.3, -0.25) is 4.79 Å². The molecule has 0 unspecified atom stereocenters. The van der Waals surface area contributed by atoms with E-state index >= 15 is 0 Å². The summed E-state index contributed by atoms with van der Waals surface area (Å²) in [5, 5.41) is 3.85. The predicted octanol–water partition coefficient (Wildman–Crippen LogP) is 5.03. The van der Waals surface area contributed by atoms with Crippen molar-refractivity contribution in [1.82, 2.24) is 5.32 Å². The number of benzene rings is 2. The molecule has 0 spiro atoms. The maximum Gasteiger partial charge on any atom is 0.220 e. The van der Waals surface area contributed by atoms with Gasteiger partial charge in [-0.2, -0.15) is 0 Å². The summed E-state index contributed by atoms with van der Waals surface area (Å²) in [4.78, 5) is 12.2. The molecule has 0 saturated carbocycles. The van der Waals surface area contributed by atoms with Crippen LogP contribution in [0.1, 0.15) is 54.5 Å². The highest BCUT2D eigenvalue weighted by Gasteiger charge is 2.14. The number of hydrogen-bond donors (Lipinski definition) is 1. The van der Waals surface area contributed by atoms with Crippen LogP contribution in [0.25, 0.3) is 0 Å². The molecule has 2 aromatic carbocycles. The van der Waals surface area contributed by atoms with E-state index in [1.165, 1.54) is 42.4 Å². The Kier molecular flexibility index (Phi) is 5.57. The minimum Gasteiger partial charge on any atom is -0.350 e. The molecule has 1 N–H and O–H groups in total. The standard InChI is InChI=1S/C21H24ClNO/c1-15(18-10-9-17-4-2-3-5-19(17)14-18)23-21(24)13-8-16-6-11-20(22)12-7-16/h6-7,9-12,14-15H,2-5,8,13H2,1H3,(H,23,24)/t15-/m1/s1. The van der Waals surface area contributed by atoms with Crippen LogP contribution < -0.4 is 5.32 Å². The monoisotopic (exact) mass is 341 g/mol. The summed E-state index contributed by atoms with van der Waals surface area (Å²) in [7, 11) is 0. The van der Waals surface area contributed by atoms with Crippen molar-refractivity contribution in [2.75, 3.05) is 0 Å². The summed E-state index contributed by atoms with van der Waals surface area (Å²) in [6, 6.07) is 14.4. The number of rotatable bonds is 5. The van der Waals surface area contributed by atoms with Crippen molar-refractivity contribution in [2.24, 2.45) is 0 Å². The third kappa shape index (κ3) is 4.39. The fraction of sp³-hybridized carbons (Fsp3) is 0.381. The van der Waals surface area contributed by atoms with E-state index in [-0.39, 0.29) is 11.9 Å². The van der Waals surface area contributed by atoms with Gasteiger partial charge >= 0.3 is 0 Å². The van der Waals surface area contributed by atoms with E-state index in [1.807, 2.05) is 24.3 Å². The largest absolute Gasteiger partial charge is 0.350 e. The van der Waals surface area contributed by atoms with Crippen molar-refractivity contribution in [3.63, 3.8) is 0 Å². The topological polar surface area (TPSA) is 29.1 Å². The molecule has 1 atom stereocenters. The molecule has 0 radical (unpaired) electrons. The molecule has 0 aliphatic heterocycles. The molecule has 2 aromatic rings. The van der Waals surface area contributed by atoms with E-state index in [1.54, 1.807) is 0 Å². The van der Waals surface area contributed by atoms with Gasteiger partial charge in [-0.1, -0.05) is 41.9 Å². The molecule has 1 aliphatic rings. The number of carbonyl (C=O) groups excluding carboxylic acids is 1. The number of fused-ring (bicyclic) bond motifs is 1. The second-order valence-corrected chi connectivity index (χ2v) is 7.09. The van der Waals surface area contributed by atoms with E-state index < -0.39 is 0 Å². The number of aryl methyl sites for hydroxylation is 3. The van der Waals surface area contributed by atoms with Crippen LogP contribution in [0.5, 0.6) is 0 Å². The maximum absolute atomic E-state index is 12.2. The predicted molar refractivity (Wildman–Crippen MR) is 99.4 cm³/mol. The molecule has 3 heteroatoms. The third-order valence-corrected chi connectivity index (χ3v) is 5.06. The van der Waals surface area contributed by atoms with Crippen molar-refractivity contribution in [2.45, 2.75) is 51.5 Å². The summed E-state index contributed by atoms with van der Waals surface area (Å²) >= 11 is 5.88. The Morgan fingerprint density at radius 1 is 1.08 bits per heavy atom. The van der Waals surface area contributed by atoms with Gasteiger partial charge in [0.15, 0.2) is 0 Å². The zero-order chi connectivity index (χ0) is 16.9. The third-order valence-electron chi connectivity index (χ3n) is 4.80. The number of nitrogens with one attached hydrogen (secondary N) is 1. The Morgan fingerprint density at radius 3 is 2.54 bits per heavy atom. The molecule has 0 heterocycles. The van der Waals surface area contributed by atoms with Gasteiger partial charge in [0.1, 0.15) is 0 Å². The smallest absolute Gasteiger partial charge is 0.220 e. The molecule has 0 fully saturated rings. The molecule has 3 rings (SSSR count). The summed E-state index contributed by atoms with van der Waals surface area (Å²) in [5.74, 6) is 0.0928. The Labute approximate surface area is 149 Å². The molecule has 1 aliphatic carbocycles. The van der Waals surface area contributed by atoms with Crippen molar-refractivity contribution in [1.29, 1.82) is 0 Å². The fourth-order valence-corrected chi connectivity index (χ4v) is 3.45. The summed E-state index contributed by atoms with van der Waals surface area (Å²) in [6.07, 6.45) is 6.16. The lowest BCUT2D eigenvalue weighted by Gasteiger charge is -2.20. The Hall–Kier alpha value is -1.80. The lowest BCUT2D eigenvalue weighted by molar-refractivity contribution is -0.121. The van der Waals surface area contributed by atoms with Crippen LogP contribution in [0.15, 0.2) is 42.5 Å². The second-order valence-electron chi connectivity index (χ2n) is 6.65. The van der Waals surface area contributed by atoms with Crippen LogP contribution in [0.3, 0.4) is 0 Å². The highest BCUT2D eigenvalue weighted by Crippen LogP contribution is 2.24. The zero-order valence-electron chi connectivity index (χ0n) is 14.1. The first-order chi connectivity index (χ1) is 11.6. The molecular weight excluding hydrogens is 318 g/mol. The quantitative estimate of drug-likeness (QED) is 0.812. The number of halogens is 1. The van der Waals surface area contributed by atoms with Gasteiger partial charge in [-0.15, -0.1) is 0 Å². The molecule has 126 valence electrons. The number of amides is 1. The van der Waals surface area contributed by atoms with E-state index in [4.69, 9.17) is 11.6 Å². The molecule has 2 nitrogen and oxygen atoms in total.